The van der Waals surface area contributed by atoms with Crippen LogP contribution in [-0.4, -0.2) is 26.4 Å². The molecule has 0 aromatic carbocycles. The van der Waals surface area contributed by atoms with Crippen LogP contribution in [0.3, 0.4) is 0 Å². The summed E-state index contributed by atoms with van der Waals surface area (Å²) in [4.78, 5) is 14.4. The number of urea groups is 1. The minimum atomic E-state index is -0.657. The van der Waals surface area contributed by atoms with Crippen molar-refractivity contribution in [1.29, 1.82) is 0 Å². The summed E-state index contributed by atoms with van der Waals surface area (Å²) < 4.78 is 0. The van der Waals surface area contributed by atoms with Gasteiger partial charge in [0.25, 0.3) is 0 Å². The van der Waals surface area contributed by atoms with Gasteiger partial charge in [0.05, 0.1) is 0 Å². The average Bonchev–Trinajstić information content (AvgIpc) is 2.49. The second-order valence-corrected chi connectivity index (χ2v) is 2.35. The Bertz CT molecular complexity index is 449. The van der Waals surface area contributed by atoms with Crippen LogP contribution in [-0.2, 0) is 0 Å². The molecule has 2 rings (SSSR count). The molecule has 0 unspecified atom stereocenters. The van der Waals surface area contributed by atoms with E-state index in [9.17, 15) is 4.79 Å². The lowest BCUT2D eigenvalue weighted by Gasteiger charge is -1.97. The smallest absolute Gasteiger partial charge is 0.317 e. The molecule has 7 heteroatoms. The molecule has 0 bridgehead atoms. The molecule has 2 aromatic rings. The summed E-state index contributed by atoms with van der Waals surface area (Å²) in [6.45, 7) is 0. The number of H-pyrrole nitrogens is 1. The van der Waals surface area contributed by atoms with Crippen molar-refractivity contribution in [2.75, 3.05) is 5.32 Å². The number of fused-ring (bicyclic) bond motifs is 1. The molecule has 0 aliphatic carbocycles. The van der Waals surface area contributed by atoms with Crippen LogP contribution < -0.4 is 11.1 Å². The molecule has 4 N–H and O–H groups in total. The fourth-order valence-corrected chi connectivity index (χ4v) is 0.933. The maximum absolute atomic E-state index is 10.5. The molecule has 0 atom stereocenters. The lowest BCUT2D eigenvalue weighted by Crippen LogP contribution is -2.19. The number of anilines is 1. The Balaban J connectivity index is 2.42. The molecule has 0 aliphatic heterocycles. The number of primary amides is 1. The van der Waals surface area contributed by atoms with Gasteiger partial charge in [-0.15, -0.1) is 5.10 Å². The highest BCUT2D eigenvalue weighted by Crippen LogP contribution is 2.08. The second-order valence-electron chi connectivity index (χ2n) is 2.35. The molecule has 7 nitrogen and oxygen atoms in total. The molecule has 0 radical (unpaired) electrons. The molecule has 0 spiro atoms. The predicted octanol–water partition coefficient (Wildman–Crippen LogP) is -0.157. The van der Waals surface area contributed by atoms with Crippen molar-refractivity contribution < 1.29 is 4.79 Å². The molecular formula is C6H6N6O. The van der Waals surface area contributed by atoms with E-state index in [-0.39, 0.29) is 0 Å². The van der Waals surface area contributed by atoms with E-state index >= 15 is 0 Å². The third-order valence-electron chi connectivity index (χ3n) is 1.43. The fourth-order valence-electron chi connectivity index (χ4n) is 0.933. The SMILES string of the molecule is NC(=O)Nc1ccc2n[nH]nc2n1. The first-order chi connectivity index (χ1) is 6.25. The third-order valence-corrected chi connectivity index (χ3v) is 1.43. The Morgan fingerprint density at radius 3 is 3.08 bits per heavy atom. The topological polar surface area (TPSA) is 110 Å². The maximum Gasteiger partial charge on any atom is 0.317 e. The Labute approximate surface area is 72.3 Å². The number of hydrogen-bond acceptors (Lipinski definition) is 4. The molecule has 2 heterocycles. The van der Waals surface area contributed by atoms with E-state index in [0.29, 0.717) is 17.0 Å². The molecule has 0 saturated carbocycles. The first-order valence-corrected chi connectivity index (χ1v) is 3.50. The first kappa shape index (κ1) is 7.47. The molecule has 0 saturated heterocycles. The van der Waals surface area contributed by atoms with Crippen LogP contribution in [0.4, 0.5) is 10.6 Å². The largest absolute Gasteiger partial charge is 0.351 e. The van der Waals surface area contributed by atoms with Gasteiger partial charge < -0.3 is 5.73 Å². The second kappa shape index (κ2) is 2.70. The van der Waals surface area contributed by atoms with Crippen molar-refractivity contribution in [2.24, 2.45) is 5.73 Å². The highest BCUT2D eigenvalue weighted by molar-refractivity contribution is 5.87. The molecule has 2 aromatic heterocycles. The van der Waals surface area contributed by atoms with E-state index in [4.69, 9.17) is 5.73 Å². The van der Waals surface area contributed by atoms with Crippen molar-refractivity contribution in [2.45, 2.75) is 0 Å². The highest BCUT2D eigenvalue weighted by Gasteiger charge is 2.02. The third kappa shape index (κ3) is 1.39. The summed E-state index contributed by atoms with van der Waals surface area (Å²) in [5.41, 5.74) is 5.98. The van der Waals surface area contributed by atoms with E-state index in [1.807, 2.05) is 0 Å². The zero-order valence-corrected chi connectivity index (χ0v) is 6.48. The van der Waals surface area contributed by atoms with Crippen molar-refractivity contribution in [1.82, 2.24) is 20.4 Å². The predicted molar refractivity (Wildman–Crippen MR) is 44.9 cm³/mol. The number of nitrogens with two attached hydrogens (primary N) is 1. The van der Waals surface area contributed by atoms with E-state index in [0.717, 1.165) is 0 Å². The highest BCUT2D eigenvalue weighted by atomic mass is 16.2. The first-order valence-electron chi connectivity index (χ1n) is 3.50. The summed E-state index contributed by atoms with van der Waals surface area (Å²) in [5, 5.41) is 12.3. The number of carbonyl (C=O) groups excluding carboxylic acids is 1. The number of nitrogens with zero attached hydrogens (tertiary/aromatic N) is 3. The zero-order valence-electron chi connectivity index (χ0n) is 6.48. The molecule has 2 amide bonds. The Morgan fingerprint density at radius 1 is 1.46 bits per heavy atom. The summed E-state index contributed by atoms with van der Waals surface area (Å²) in [5.74, 6) is 0.355. The van der Waals surface area contributed by atoms with Crippen LogP contribution in [0.2, 0.25) is 0 Å². The number of rotatable bonds is 1. The summed E-state index contributed by atoms with van der Waals surface area (Å²) in [6, 6.07) is 2.61. The minimum Gasteiger partial charge on any atom is -0.351 e. The quantitative estimate of drug-likeness (QED) is 0.563. The van der Waals surface area contributed by atoms with Gasteiger partial charge in [0, 0.05) is 0 Å². The van der Waals surface area contributed by atoms with Crippen LogP contribution in [0.25, 0.3) is 11.2 Å². The van der Waals surface area contributed by atoms with Gasteiger partial charge in [-0.25, -0.2) is 9.78 Å². The normalized spacial score (nSPS) is 10.2. The summed E-state index contributed by atoms with van der Waals surface area (Å²) >= 11 is 0. The summed E-state index contributed by atoms with van der Waals surface area (Å²) in [6.07, 6.45) is 0. The van der Waals surface area contributed by atoms with Crippen molar-refractivity contribution in [3.63, 3.8) is 0 Å². The van der Waals surface area contributed by atoms with E-state index < -0.39 is 6.03 Å². The van der Waals surface area contributed by atoms with Gasteiger partial charge >= 0.3 is 6.03 Å². The molecule has 0 aliphatic rings. The van der Waals surface area contributed by atoms with Gasteiger partial charge in [-0.3, -0.25) is 5.32 Å². The molecule has 0 fully saturated rings. The van der Waals surface area contributed by atoms with Gasteiger partial charge in [0.1, 0.15) is 11.3 Å². The van der Waals surface area contributed by atoms with Crippen LogP contribution in [0.1, 0.15) is 0 Å². The van der Waals surface area contributed by atoms with Crippen molar-refractivity contribution in [3.8, 4) is 0 Å². The zero-order chi connectivity index (χ0) is 9.26. The Kier molecular flexibility index (Phi) is 1.55. The van der Waals surface area contributed by atoms with Gasteiger partial charge in [-0.2, -0.15) is 10.3 Å². The molecule has 66 valence electrons. The number of carbonyl (C=O) groups is 1. The Hall–Kier alpha value is -2.18. The van der Waals surface area contributed by atoms with Crippen LogP contribution in [0.15, 0.2) is 12.1 Å². The minimum absolute atomic E-state index is 0.355. The monoisotopic (exact) mass is 178 g/mol. The van der Waals surface area contributed by atoms with Gasteiger partial charge in [0.2, 0.25) is 5.65 Å². The average molecular weight is 178 g/mol. The van der Waals surface area contributed by atoms with Crippen LogP contribution in [0, 0.1) is 0 Å². The Morgan fingerprint density at radius 2 is 2.31 bits per heavy atom. The lowest BCUT2D eigenvalue weighted by atomic mass is 10.4. The fraction of sp³-hybridized carbons (Fsp3) is 0. The summed E-state index contributed by atoms with van der Waals surface area (Å²) in [7, 11) is 0. The number of aromatic amines is 1. The van der Waals surface area contributed by atoms with E-state index in [2.05, 4.69) is 25.7 Å². The lowest BCUT2D eigenvalue weighted by molar-refractivity contribution is 0.259. The van der Waals surface area contributed by atoms with E-state index in [1.165, 1.54) is 0 Å². The van der Waals surface area contributed by atoms with Crippen LogP contribution in [0.5, 0.6) is 0 Å². The maximum atomic E-state index is 10.5. The van der Waals surface area contributed by atoms with Gasteiger partial charge in [-0.1, -0.05) is 0 Å². The molecular weight excluding hydrogens is 172 g/mol. The van der Waals surface area contributed by atoms with Gasteiger partial charge in [-0.05, 0) is 12.1 Å². The number of pyridine rings is 1. The molecule has 13 heavy (non-hydrogen) atoms. The number of nitrogens with one attached hydrogen (secondary N) is 2. The van der Waals surface area contributed by atoms with Crippen LogP contribution >= 0.6 is 0 Å². The van der Waals surface area contributed by atoms with E-state index in [1.54, 1.807) is 12.1 Å². The standard InChI is InChI=1S/C6H6N6O/c7-6(13)9-4-2-1-3-5(8-4)11-12-10-3/h1-2H,(H4,7,8,9,10,11,12,13). The van der Waals surface area contributed by atoms with Crippen molar-refractivity contribution >= 4 is 23.0 Å². The van der Waals surface area contributed by atoms with Gasteiger partial charge in [0.15, 0.2) is 0 Å². The number of hydrogen-bond donors (Lipinski definition) is 3. The number of amides is 2. The number of aromatic nitrogens is 4. The van der Waals surface area contributed by atoms with Crippen molar-refractivity contribution in [3.05, 3.63) is 12.1 Å².